The van der Waals surface area contributed by atoms with Gasteiger partial charge in [-0.2, -0.15) is 4.98 Å². The van der Waals surface area contributed by atoms with Gasteiger partial charge in [0.25, 0.3) is 0 Å². The van der Waals surface area contributed by atoms with Crippen molar-refractivity contribution in [1.29, 1.82) is 0 Å². The highest BCUT2D eigenvalue weighted by Crippen LogP contribution is 2.11. The second kappa shape index (κ2) is 3.70. The van der Waals surface area contributed by atoms with E-state index in [1.807, 2.05) is 0 Å². The third-order valence-electron chi connectivity index (χ3n) is 1.17. The lowest BCUT2D eigenvalue weighted by atomic mass is 10.4. The fourth-order valence-electron chi connectivity index (χ4n) is 0.641. The van der Waals surface area contributed by atoms with Gasteiger partial charge in [-0.1, -0.05) is 0 Å². The van der Waals surface area contributed by atoms with E-state index in [-0.39, 0.29) is 0 Å². The minimum atomic E-state index is -2.95. The Morgan fingerprint density at radius 2 is 2.54 bits per heavy atom. The first-order valence-corrected chi connectivity index (χ1v) is 3.03. The van der Waals surface area contributed by atoms with Crippen molar-refractivity contribution in [2.75, 3.05) is 19.8 Å². The molecule has 1 rings (SSSR count). The van der Waals surface area contributed by atoms with Gasteiger partial charge in [0.15, 0.2) is 11.5 Å². The maximum absolute atomic E-state index is 11.4. The molecule has 6 nitrogen and oxygen atoms in total. The fraction of sp³-hybridized carbons (Fsp3) is 0.286. The van der Waals surface area contributed by atoms with Gasteiger partial charge in [0, 0.05) is 0 Å². The van der Waals surface area contributed by atoms with Crippen molar-refractivity contribution >= 4 is 11.8 Å². The summed E-state index contributed by atoms with van der Waals surface area (Å²) >= 11 is 0. The first-order valence-electron chi connectivity index (χ1n) is 6.03. The van der Waals surface area contributed by atoms with E-state index in [2.05, 4.69) is 19.4 Å². The molecule has 0 amide bonds. The second-order valence-corrected chi connectivity index (χ2v) is 1.93. The Bertz CT molecular complexity index is 486. The lowest BCUT2D eigenvalue weighted by molar-refractivity contribution is 0.0595. The average Bonchev–Trinajstić information content (AvgIpc) is 2.11. The summed E-state index contributed by atoms with van der Waals surface area (Å²) in [6.07, 6.45) is 0.818. The number of hydrogen-bond donors (Lipinski definition) is 1. The molecule has 0 aliphatic heterocycles. The van der Waals surface area contributed by atoms with Crippen LogP contribution in [0.1, 0.15) is 18.7 Å². The van der Waals surface area contributed by atoms with Gasteiger partial charge in [0.1, 0.15) is 0 Å². The summed E-state index contributed by atoms with van der Waals surface area (Å²) in [6, 6.07) is 0. The summed E-state index contributed by atoms with van der Waals surface area (Å²) < 4.78 is 49.2. The van der Waals surface area contributed by atoms with Crippen LogP contribution in [0.2, 0.25) is 0 Å². The van der Waals surface area contributed by atoms with Crippen molar-refractivity contribution in [1.82, 2.24) is 9.97 Å². The zero-order valence-electron chi connectivity index (χ0n) is 12.3. The zero-order chi connectivity index (χ0) is 14.8. The molecule has 0 aromatic carbocycles. The summed E-state index contributed by atoms with van der Waals surface area (Å²) in [6.45, 7) is 0. The minimum Gasteiger partial charge on any atom is -0.480 e. The molecule has 70 valence electrons. The number of esters is 1. The predicted molar refractivity (Wildman–Crippen MR) is 44.3 cm³/mol. The minimum absolute atomic E-state index is 0.428. The van der Waals surface area contributed by atoms with Crippen molar-refractivity contribution < 1.29 is 22.5 Å². The molecule has 0 bridgehead atoms. The molecule has 1 aromatic heterocycles. The van der Waals surface area contributed by atoms with Crippen LogP contribution in [-0.4, -0.2) is 30.0 Å². The SMILES string of the molecule is [2H]C([2H])([2H])OC(=O)c1ncc(OC([2H])([2H])[2H])nc1N. The Balaban J connectivity index is 2.92. The molecule has 0 unspecified atom stereocenters. The van der Waals surface area contributed by atoms with Gasteiger partial charge < -0.3 is 15.2 Å². The number of nitrogens with two attached hydrogens (primary N) is 1. The molecule has 0 spiro atoms. The number of nitrogens with zero attached hydrogens (tertiary/aromatic N) is 2. The van der Waals surface area contributed by atoms with E-state index in [1.54, 1.807) is 0 Å². The van der Waals surface area contributed by atoms with Gasteiger partial charge in [-0.3, -0.25) is 0 Å². The van der Waals surface area contributed by atoms with Crippen LogP contribution in [0.4, 0.5) is 5.82 Å². The number of anilines is 1. The largest absolute Gasteiger partial charge is 0.480 e. The van der Waals surface area contributed by atoms with Crippen LogP contribution in [-0.2, 0) is 4.74 Å². The molecule has 13 heavy (non-hydrogen) atoms. The topological polar surface area (TPSA) is 87.3 Å². The molecular formula is C7H9N3O3. The van der Waals surface area contributed by atoms with Gasteiger partial charge in [-0.15, -0.1) is 0 Å². The van der Waals surface area contributed by atoms with Crippen LogP contribution < -0.4 is 10.5 Å². The summed E-state index contributed by atoms with van der Waals surface area (Å²) in [5.74, 6) is -2.23. The van der Waals surface area contributed by atoms with Gasteiger partial charge in [0.05, 0.1) is 28.5 Å². The summed E-state index contributed by atoms with van der Waals surface area (Å²) in [5.41, 5.74) is 4.79. The Kier molecular flexibility index (Phi) is 1.11. The number of rotatable bonds is 2. The third-order valence-corrected chi connectivity index (χ3v) is 1.17. The van der Waals surface area contributed by atoms with Crippen molar-refractivity contribution in [3.8, 4) is 5.88 Å². The molecule has 6 heteroatoms. The van der Waals surface area contributed by atoms with Gasteiger partial charge >= 0.3 is 5.97 Å². The van der Waals surface area contributed by atoms with Crippen molar-refractivity contribution in [3.05, 3.63) is 11.9 Å². The van der Waals surface area contributed by atoms with Gasteiger partial charge in [-0.05, 0) is 0 Å². The quantitative estimate of drug-likeness (QED) is 0.651. The molecule has 0 saturated heterocycles. The van der Waals surface area contributed by atoms with Crippen LogP contribution in [0.5, 0.6) is 5.88 Å². The molecule has 0 atom stereocenters. The molecule has 0 radical (unpaired) electrons. The number of carbonyl (C=O) groups excluding carboxylic acids is 1. The molecule has 0 aliphatic rings. The zero-order valence-corrected chi connectivity index (χ0v) is 6.27. The summed E-state index contributed by atoms with van der Waals surface area (Å²) in [7, 11) is -5.69. The average molecular weight is 189 g/mol. The van der Waals surface area contributed by atoms with Crippen molar-refractivity contribution in [3.63, 3.8) is 0 Å². The van der Waals surface area contributed by atoms with E-state index in [9.17, 15) is 4.79 Å². The first kappa shape index (κ1) is 3.91. The molecule has 1 aromatic rings. The van der Waals surface area contributed by atoms with E-state index >= 15 is 0 Å². The lowest BCUT2D eigenvalue weighted by Crippen LogP contribution is -2.10. The molecular weight excluding hydrogens is 174 g/mol. The third kappa shape index (κ3) is 1.84. The van der Waals surface area contributed by atoms with Crippen LogP contribution in [0.3, 0.4) is 0 Å². The highest BCUT2D eigenvalue weighted by molar-refractivity contribution is 5.91. The maximum atomic E-state index is 11.4. The fourth-order valence-corrected chi connectivity index (χ4v) is 0.641. The number of ether oxygens (including phenoxy) is 2. The Morgan fingerprint density at radius 3 is 3.15 bits per heavy atom. The smallest absolute Gasteiger partial charge is 0.360 e. The number of nitrogen functional groups attached to an aromatic ring is 1. The molecule has 1 heterocycles. The Morgan fingerprint density at radius 1 is 1.69 bits per heavy atom. The Labute approximate surface area is 83.1 Å². The van der Waals surface area contributed by atoms with E-state index in [4.69, 9.17) is 14.0 Å². The van der Waals surface area contributed by atoms with E-state index in [0.29, 0.717) is 0 Å². The molecule has 0 fully saturated rings. The normalized spacial score (nSPS) is 18.2. The van der Waals surface area contributed by atoms with Crippen LogP contribution in [0.15, 0.2) is 6.20 Å². The van der Waals surface area contributed by atoms with E-state index < -0.39 is 37.4 Å². The van der Waals surface area contributed by atoms with Gasteiger partial charge in [0.2, 0.25) is 5.88 Å². The predicted octanol–water partition coefficient (Wildman–Crippen LogP) is -0.146. The molecule has 0 aliphatic carbocycles. The van der Waals surface area contributed by atoms with Crippen LogP contribution in [0, 0.1) is 0 Å². The van der Waals surface area contributed by atoms with Crippen LogP contribution in [0.25, 0.3) is 0 Å². The Hall–Kier alpha value is -1.85. The first-order chi connectivity index (χ1) is 8.48. The monoisotopic (exact) mass is 189 g/mol. The number of aromatic nitrogens is 2. The maximum Gasteiger partial charge on any atom is 0.360 e. The number of methoxy groups -OCH3 is 2. The number of carbonyl (C=O) groups is 1. The molecule has 2 N–H and O–H groups in total. The summed E-state index contributed by atoms with van der Waals surface area (Å²) in [5, 5.41) is 0. The highest BCUT2D eigenvalue weighted by Gasteiger charge is 2.13. The highest BCUT2D eigenvalue weighted by atomic mass is 16.5. The lowest BCUT2D eigenvalue weighted by Gasteiger charge is -2.02. The van der Waals surface area contributed by atoms with Crippen LogP contribution >= 0.6 is 0 Å². The standard InChI is InChI=1S/C7H9N3O3/c1-12-4-3-9-5(6(8)10-4)7(11)13-2/h3H,1-2H3,(H2,8,10)/i1D3,2D3. The van der Waals surface area contributed by atoms with Crippen molar-refractivity contribution in [2.45, 2.75) is 0 Å². The molecule has 0 saturated carbocycles. The second-order valence-electron chi connectivity index (χ2n) is 1.93. The number of hydrogen-bond acceptors (Lipinski definition) is 6. The van der Waals surface area contributed by atoms with Gasteiger partial charge in [-0.25, -0.2) is 9.78 Å². The summed E-state index contributed by atoms with van der Waals surface area (Å²) in [4.78, 5) is 18.3. The van der Waals surface area contributed by atoms with E-state index in [1.165, 1.54) is 0 Å². The van der Waals surface area contributed by atoms with Crippen molar-refractivity contribution in [2.24, 2.45) is 0 Å². The van der Waals surface area contributed by atoms with E-state index in [0.717, 1.165) is 6.20 Å².